The van der Waals surface area contributed by atoms with Crippen molar-refractivity contribution in [3.8, 4) is 0 Å². The predicted octanol–water partition coefficient (Wildman–Crippen LogP) is 2.47. The van der Waals surface area contributed by atoms with Gasteiger partial charge in [0.15, 0.2) is 5.76 Å². The first-order chi connectivity index (χ1) is 5.42. The van der Waals surface area contributed by atoms with E-state index in [-0.39, 0.29) is 0 Å². The van der Waals surface area contributed by atoms with Crippen molar-refractivity contribution < 1.29 is 4.52 Å². The molecule has 0 radical (unpaired) electrons. The van der Waals surface area contributed by atoms with Crippen LogP contribution in [0.15, 0.2) is 35.4 Å². The van der Waals surface area contributed by atoms with Crippen molar-refractivity contribution >= 4 is 17.0 Å². The molecule has 0 aliphatic heterocycles. The first kappa shape index (κ1) is 6.16. The maximum atomic E-state index is 5.00. The summed E-state index contributed by atoms with van der Waals surface area (Å²) in [6.45, 7) is 3.62. The van der Waals surface area contributed by atoms with Gasteiger partial charge in [-0.1, -0.05) is 23.9 Å². The fourth-order valence-electron chi connectivity index (χ4n) is 1.06. The van der Waals surface area contributed by atoms with E-state index < -0.39 is 0 Å². The Balaban J connectivity index is 2.86. The smallest absolute Gasteiger partial charge is 0.166 e. The van der Waals surface area contributed by atoms with Crippen LogP contribution in [0.2, 0.25) is 0 Å². The normalized spacial score (nSPS) is 10.2. The summed E-state index contributed by atoms with van der Waals surface area (Å²) >= 11 is 0. The van der Waals surface area contributed by atoms with Gasteiger partial charge in [0.25, 0.3) is 0 Å². The van der Waals surface area contributed by atoms with Gasteiger partial charge in [0.05, 0.1) is 0 Å². The molecule has 2 rings (SSSR count). The zero-order valence-corrected chi connectivity index (χ0v) is 5.95. The Morgan fingerprint density at radius 2 is 2.18 bits per heavy atom. The Labute approximate surface area is 64.1 Å². The van der Waals surface area contributed by atoms with E-state index in [0.29, 0.717) is 0 Å². The van der Waals surface area contributed by atoms with Crippen LogP contribution in [0.4, 0.5) is 0 Å². The summed E-state index contributed by atoms with van der Waals surface area (Å²) in [6.07, 6.45) is 1.66. The maximum Gasteiger partial charge on any atom is 0.166 e. The van der Waals surface area contributed by atoms with Gasteiger partial charge < -0.3 is 4.52 Å². The van der Waals surface area contributed by atoms with E-state index in [4.69, 9.17) is 4.52 Å². The molecule has 0 aliphatic rings. The third-order valence-corrected chi connectivity index (χ3v) is 1.60. The van der Waals surface area contributed by atoms with Crippen LogP contribution in [0.1, 0.15) is 5.76 Å². The minimum Gasteiger partial charge on any atom is -0.356 e. The molecule has 11 heavy (non-hydrogen) atoms. The molecule has 0 unspecified atom stereocenters. The standard InChI is InChI=1S/C9H7NO/c1-2-9-7-5-3-4-6-8(7)10-11-9/h2-6H,1H2. The molecule has 2 aromatic rings. The van der Waals surface area contributed by atoms with Crippen LogP contribution in [0, 0.1) is 0 Å². The summed E-state index contributed by atoms with van der Waals surface area (Å²) in [6, 6.07) is 7.75. The van der Waals surface area contributed by atoms with Crippen molar-refractivity contribution in [2.24, 2.45) is 0 Å². The van der Waals surface area contributed by atoms with Gasteiger partial charge >= 0.3 is 0 Å². The molecule has 2 nitrogen and oxygen atoms in total. The Morgan fingerprint density at radius 3 is 3.00 bits per heavy atom. The van der Waals surface area contributed by atoms with Crippen LogP contribution in [-0.2, 0) is 0 Å². The zero-order chi connectivity index (χ0) is 7.68. The molecule has 0 saturated heterocycles. The molecular weight excluding hydrogens is 138 g/mol. The molecule has 2 heteroatoms. The van der Waals surface area contributed by atoms with Crippen LogP contribution in [-0.4, -0.2) is 5.16 Å². The second kappa shape index (κ2) is 2.23. The summed E-state index contributed by atoms with van der Waals surface area (Å²) in [4.78, 5) is 0. The molecule has 0 fully saturated rings. The number of fused-ring (bicyclic) bond motifs is 1. The molecule has 0 aliphatic carbocycles. The Morgan fingerprint density at radius 1 is 1.36 bits per heavy atom. The van der Waals surface area contributed by atoms with Gasteiger partial charge in [-0.15, -0.1) is 0 Å². The van der Waals surface area contributed by atoms with Crippen molar-refractivity contribution in [1.29, 1.82) is 0 Å². The molecule has 1 heterocycles. The van der Waals surface area contributed by atoms with E-state index in [2.05, 4.69) is 11.7 Å². The quantitative estimate of drug-likeness (QED) is 0.616. The molecule has 54 valence electrons. The van der Waals surface area contributed by atoms with Gasteiger partial charge in [0.1, 0.15) is 5.52 Å². The number of benzene rings is 1. The fraction of sp³-hybridized carbons (Fsp3) is 0. The van der Waals surface area contributed by atoms with Crippen molar-refractivity contribution in [3.05, 3.63) is 36.6 Å². The van der Waals surface area contributed by atoms with Gasteiger partial charge in [-0.25, -0.2) is 0 Å². The maximum absolute atomic E-state index is 5.00. The van der Waals surface area contributed by atoms with Gasteiger partial charge in [-0.05, 0) is 18.2 Å². The first-order valence-electron chi connectivity index (χ1n) is 3.38. The SMILES string of the molecule is C=Cc1onc2ccccc12. The van der Waals surface area contributed by atoms with Crippen LogP contribution in [0.5, 0.6) is 0 Å². The lowest BCUT2D eigenvalue weighted by molar-refractivity contribution is 0.421. The second-order valence-electron chi connectivity index (χ2n) is 2.27. The summed E-state index contributed by atoms with van der Waals surface area (Å²) in [5, 5.41) is 4.86. The van der Waals surface area contributed by atoms with E-state index in [1.807, 2.05) is 24.3 Å². The van der Waals surface area contributed by atoms with Gasteiger partial charge in [0.2, 0.25) is 0 Å². The highest BCUT2D eigenvalue weighted by atomic mass is 16.5. The van der Waals surface area contributed by atoms with Crippen molar-refractivity contribution in [3.63, 3.8) is 0 Å². The summed E-state index contributed by atoms with van der Waals surface area (Å²) in [5.41, 5.74) is 0.877. The third-order valence-electron chi connectivity index (χ3n) is 1.60. The van der Waals surface area contributed by atoms with E-state index in [1.54, 1.807) is 6.08 Å². The Bertz CT molecular complexity index is 389. The molecule has 0 saturated carbocycles. The molecule has 0 N–H and O–H groups in total. The molecule has 0 amide bonds. The molecule has 1 aromatic heterocycles. The van der Waals surface area contributed by atoms with E-state index in [9.17, 15) is 0 Å². The topological polar surface area (TPSA) is 26.0 Å². The Hall–Kier alpha value is -1.57. The minimum atomic E-state index is 0.737. The molecule has 0 atom stereocenters. The molecule has 0 spiro atoms. The second-order valence-corrected chi connectivity index (χ2v) is 2.27. The van der Waals surface area contributed by atoms with Crippen molar-refractivity contribution in [2.45, 2.75) is 0 Å². The highest BCUT2D eigenvalue weighted by molar-refractivity contribution is 5.84. The monoisotopic (exact) mass is 145 g/mol. The lowest BCUT2D eigenvalue weighted by Gasteiger charge is -1.83. The number of nitrogens with zero attached hydrogens (tertiary/aromatic N) is 1. The van der Waals surface area contributed by atoms with E-state index >= 15 is 0 Å². The lowest BCUT2D eigenvalue weighted by Crippen LogP contribution is -1.65. The highest BCUT2D eigenvalue weighted by Gasteiger charge is 2.01. The summed E-state index contributed by atoms with van der Waals surface area (Å²) in [7, 11) is 0. The van der Waals surface area contributed by atoms with Crippen LogP contribution >= 0.6 is 0 Å². The average Bonchev–Trinajstić information content (AvgIpc) is 2.47. The largest absolute Gasteiger partial charge is 0.356 e. The van der Waals surface area contributed by atoms with Gasteiger partial charge in [-0.3, -0.25) is 0 Å². The number of hydrogen-bond donors (Lipinski definition) is 0. The van der Waals surface area contributed by atoms with Gasteiger partial charge in [-0.2, -0.15) is 0 Å². The summed E-state index contributed by atoms with van der Waals surface area (Å²) in [5.74, 6) is 0.737. The van der Waals surface area contributed by atoms with Crippen molar-refractivity contribution in [1.82, 2.24) is 5.16 Å². The number of hydrogen-bond acceptors (Lipinski definition) is 2. The van der Waals surface area contributed by atoms with Crippen LogP contribution < -0.4 is 0 Å². The predicted molar refractivity (Wildman–Crippen MR) is 44.1 cm³/mol. The molecule has 1 aromatic carbocycles. The first-order valence-corrected chi connectivity index (χ1v) is 3.38. The number of aromatic nitrogens is 1. The summed E-state index contributed by atoms with van der Waals surface area (Å²) < 4.78 is 5.00. The van der Waals surface area contributed by atoms with Crippen LogP contribution in [0.3, 0.4) is 0 Å². The van der Waals surface area contributed by atoms with Crippen molar-refractivity contribution in [2.75, 3.05) is 0 Å². The van der Waals surface area contributed by atoms with Gasteiger partial charge in [0, 0.05) is 5.39 Å². The molecular formula is C9H7NO. The number of rotatable bonds is 1. The minimum absolute atomic E-state index is 0.737. The third kappa shape index (κ3) is 0.835. The Kier molecular flexibility index (Phi) is 1.25. The lowest BCUT2D eigenvalue weighted by atomic mass is 10.2. The fourth-order valence-corrected chi connectivity index (χ4v) is 1.06. The average molecular weight is 145 g/mol. The van der Waals surface area contributed by atoms with Crippen LogP contribution in [0.25, 0.3) is 17.0 Å². The van der Waals surface area contributed by atoms with E-state index in [0.717, 1.165) is 16.7 Å². The highest BCUT2D eigenvalue weighted by Crippen LogP contribution is 2.17. The van der Waals surface area contributed by atoms with E-state index in [1.165, 1.54) is 0 Å². The zero-order valence-electron chi connectivity index (χ0n) is 5.95. The molecule has 0 bridgehead atoms.